The van der Waals surface area contributed by atoms with E-state index < -0.39 is 29.6 Å². The Morgan fingerprint density at radius 3 is 2.26 bits per heavy atom. The number of nitrogens with one attached hydrogen (secondary N) is 1. The first-order chi connectivity index (χ1) is 14.6. The standard InChI is InChI=1S/C23H31N3O5/c1-23(2,3)31-22(30)18(11-7-8-14-26-19(27)12-13-20(26)28)25-21(29)17(24)15-16-9-5-4-6-10-16/h4-6,9-10,12-13,17-18H,7-8,11,14-15,24H2,1-3H3,(H,25,29). The Morgan fingerprint density at radius 1 is 1.06 bits per heavy atom. The normalized spacial score (nSPS) is 15.7. The molecule has 0 aliphatic carbocycles. The summed E-state index contributed by atoms with van der Waals surface area (Å²) < 4.78 is 5.44. The van der Waals surface area contributed by atoms with Gasteiger partial charge in [-0.15, -0.1) is 0 Å². The van der Waals surface area contributed by atoms with Crippen LogP contribution in [0.25, 0.3) is 0 Å². The van der Waals surface area contributed by atoms with Crippen LogP contribution in [-0.2, 0) is 30.3 Å². The van der Waals surface area contributed by atoms with Crippen molar-refractivity contribution in [3.63, 3.8) is 0 Å². The summed E-state index contributed by atoms with van der Waals surface area (Å²) in [5.41, 5.74) is 6.26. The summed E-state index contributed by atoms with van der Waals surface area (Å²) in [6.45, 7) is 5.51. The number of esters is 1. The average Bonchev–Trinajstić information content (AvgIpc) is 3.01. The van der Waals surface area contributed by atoms with Crippen LogP contribution in [0.1, 0.15) is 45.6 Å². The van der Waals surface area contributed by atoms with Gasteiger partial charge in [0.25, 0.3) is 11.8 Å². The molecule has 8 heteroatoms. The monoisotopic (exact) mass is 429 g/mol. The third kappa shape index (κ3) is 7.97. The first-order valence-electron chi connectivity index (χ1n) is 10.4. The Labute approximate surface area is 182 Å². The van der Waals surface area contributed by atoms with Crippen molar-refractivity contribution in [2.75, 3.05) is 6.54 Å². The highest BCUT2D eigenvalue weighted by Gasteiger charge is 2.28. The molecule has 8 nitrogen and oxygen atoms in total. The van der Waals surface area contributed by atoms with Crippen molar-refractivity contribution in [2.24, 2.45) is 5.73 Å². The molecule has 2 atom stereocenters. The molecule has 0 saturated carbocycles. The topological polar surface area (TPSA) is 119 Å². The molecule has 1 aliphatic rings. The van der Waals surface area contributed by atoms with E-state index in [-0.39, 0.29) is 18.4 Å². The highest BCUT2D eigenvalue weighted by atomic mass is 16.6. The number of ether oxygens (including phenoxy) is 1. The van der Waals surface area contributed by atoms with Gasteiger partial charge in [-0.25, -0.2) is 4.79 Å². The maximum absolute atomic E-state index is 12.6. The Bertz CT molecular complexity index is 811. The molecule has 31 heavy (non-hydrogen) atoms. The lowest BCUT2D eigenvalue weighted by Gasteiger charge is -2.25. The van der Waals surface area contributed by atoms with Crippen molar-refractivity contribution in [3.8, 4) is 0 Å². The van der Waals surface area contributed by atoms with E-state index in [1.54, 1.807) is 20.8 Å². The third-order valence-electron chi connectivity index (χ3n) is 4.67. The zero-order valence-electron chi connectivity index (χ0n) is 18.3. The van der Waals surface area contributed by atoms with Crippen LogP contribution in [-0.4, -0.2) is 52.8 Å². The molecule has 0 aromatic heterocycles. The number of unbranched alkanes of at least 4 members (excludes halogenated alkanes) is 1. The number of hydrogen-bond acceptors (Lipinski definition) is 6. The molecule has 168 valence electrons. The molecule has 0 saturated heterocycles. The van der Waals surface area contributed by atoms with Crippen molar-refractivity contribution in [1.29, 1.82) is 0 Å². The number of hydrogen-bond donors (Lipinski definition) is 2. The lowest BCUT2D eigenvalue weighted by Crippen LogP contribution is -2.50. The van der Waals surface area contributed by atoms with Crippen LogP contribution in [0, 0.1) is 0 Å². The van der Waals surface area contributed by atoms with Gasteiger partial charge in [-0.1, -0.05) is 30.3 Å². The van der Waals surface area contributed by atoms with Gasteiger partial charge in [0, 0.05) is 18.7 Å². The van der Waals surface area contributed by atoms with E-state index in [4.69, 9.17) is 10.5 Å². The fraction of sp³-hybridized carbons (Fsp3) is 0.478. The van der Waals surface area contributed by atoms with E-state index in [0.717, 1.165) is 10.5 Å². The molecule has 3 N–H and O–H groups in total. The summed E-state index contributed by atoms with van der Waals surface area (Å²) in [4.78, 5) is 49.6. The van der Waals surface area contributed by atoms with E-state index in [1.807, 2.05) is 30.3 Å². The van der Waals surface area contributed by atoms with Crippen LogP contribution in [0.3, 0.4) is 0 Å². The predicted molar refractivity (Wildman–Crippen MR) is 116 cm³/mol. The molecule has 1 heterocycles. The summed E-state index contributed by atoms with van der Waals surface area (Å²) in [5.74, 6) is -1.65. The van der Waals surface area contributed by atoms with Crippen molar-refractivity contribution in [1.82, 2.24) is 10.2 Å². The lowest BCUT2D eigenvalue weighted by atomic mass is 10.0. The van der Waals surface area contributed by atoms with Gasteiger partial charge in [-0.05, 0) is 52.0 Å². The molecule has 3 amide bonds. The molecular formula is C23H31N3O5. The summed E-state index contributed by atoms with van der Waals surface area (Å²) in [6.07, 6.45) is 4.14. The fourth-order valence-electron chi connectivity index (χ4n) is 3.13. The summed E-state index contributed by atoms with van der Waals surface area (Å²) in [5, 5.41) is 2.71. The van der Waals surface area contributed by atoms with Crippen molar-refractivity contribution < 1.29 is 23.9 Å². The largest absolute Gasteiger partial charge is 0.458 e. The molecular weight excluding hydrogens is 398 g/mol. The van der Waals surface area contributed by atoms with Gasteiger partial charge in [0.15, 0.2) is 0 Å². The molecule has 2 unspecified atom stereocenters. The lowest BCUT2D eigenvalue weighted by molar-refractivity contribution is -0.159. The van der Waals surface area contributed by atoms with Crippen LogP contribution in [0.15, 0.2) is 42.5 Å². The highest BCUT2D eigenvalue weighted by Crippen LogP contribution is 2.13. The number of amides is 3. The highest BCUT2D eigenvalue weighted by molar-refractivity contribution is 6.12. The third-order valence-corrected chi connectivity index (χ3v) is 4.67. The second kappa shape index (κ2) is 10.9. The fourth-order valence-corrected chi connectivity index (χ4v) is 3.13. The van der Waals surface area contributed by atoms with E-state index in [1.165, 1.54) is 12.2 Å². The molecule has 0 radical (unpaired) electrons. The molecule has 0 spiro atoms. The minimum Gasteiger partial charge on any atom is -0.458 e. The summed E-state index contributed by atoms with van der Waals surface area (Å²) in [6, 6.07) is 7.72. The van der Waals surface area contributed by atoms with Crippen LogP contribution in [0.5, 0.6) is 0 Å². The Balaban J connectivity index is 1.92. The minimum absolute atomic E-state index is 0.257. The van der Waals surface area contributed by atoms with E-state index in [0.29, 0.717) is 25.7 Å². The second-order valence-corrected chi connectivity index (χ2v) is 8.55. The van der Waals surface area contributed by atoms with Gasteiger partial charge in [-0.3, -0.25) is 19.3 Å². The van der Waals surface area contributed by atoms with Gasteiger partial charge < -0.3 is 15.8 Å². The number of benzene rings is 1. The van der Waals surface area contributed by atoms with E-state index >= 15 is 0 Å². The number of carbonyl (C=O) groups is 4. The van der Waals surface area contributed by atoms with Crippen LogP contribution < -0.4 is 11.1 Å². The van der Waals surface area contributed by atoms with Crippen molar-refractivity contribution in [2.45, 2.75) is 64.1 Å². The Kier molecular flexibility index (Phi) is 8.50. The van der Waals surface area contributed by atoms with Gasteiger partial charge in [-0.2, -0.15) is 0 Å². The maximum atomic E-state index is 12.6. The molecule has 0 fully saturated rings. The van der Waals surface area contributed by atoms with Gasteiger partial charge in [0.05, 0.1) is 6.04 Å². The van der Waals surface area contributed by atoms with Crippen LogP contribution in [0.2, 0.25) is 0 Å². The van der Waals surface area contributed by atoms with Crippen LogP contribution in [0.4, 0.5) is 0 Å². The van der Waals surface area contributed by atoms with Gasteiger partial charge in [0.2, 0.25) is 5.91 Å². The predicted octanol–water partition coefficient (Wildman–Crippen LogP) is 1.48. The smallest absolute Gasteiger partial charge is 0.329 e. The number of nitrogens with zero attached hydrogens (tertiary/aromatic N) is 1. The Morgan fingerprint density at radius 2 is 1.68 bits per heavy atom. The zero-order valence-corrected chi connectivity index (χ0v) is 18.3. The first-order valence-corrected chi connectivity index (χ1v) is 10.4. The number of rotatable bonds is 10. The van der Waals surface area contributed by atoms with Gasteiger partial charge in [0.1, 0.15) is 11.6 Å². The van der Waals surface area contributed by atoms with Crippen LogP contribution >= 0.6 is 0 Å². The zero-order chi connectivity index (χ0) is 23.0. The van der Waals surface area contributed by atoms with Crippen molar-refractivity contribution >= 4 is 23.7 Å². The number of imide groups is 1. The van der Waals surface area contributed by atoms with E-state index in [9.17, 15) is 19.2 Å². The molecule has 1 aromatic carbocycles. The second-order valence-electron chi connectivity index (χ2n) is 8.55. The first kappa shape index (κ1) is 24.3. The quantitative estimate of drug-likeness (QED) is 0.330. The Hall–Kier alpha value is -3.00. The SMILES string of the molecule is CC(C)(C)OC(=O)C(CCCCN1C(=O)C=CC1=O)NC(=O)C(N)Cc1ccccc1. The average molecular weight is 430 g/mol. The molecule has 0 bridgehead atoms. The molecule has 2 rings (SSSR count). The number of carbonyl (C=O) groups excluding carboxylic acids is 4. The number of nitrogens with two attached hydrogens (primary N) is 1. The van der Waals surface area contributed by atoms with E-state index in [2.05, 4.69) is 5.32 Å². The maximum Gasteiger partial charge on any atom is 0.329 e. The minimum atomic E-state index is -0.864. The summed E-state index contributed by atoms with van der Waals surface area (Å²) >= 11 is 0. The van der Waals surface area contributed by atoms with Gasteiger partial charge >= 0.3 is 5.97 Å². The molecule has 1 aliphatic heterocycles. The molecule has 1 aromatic rings. The van der Waals surface area contributed by atoms with Crippen molar-refractivity contribution in [3.05, 3.63) is 48.0 Å². The summed E-state index contributed by atoms with van der Waals surface area (Å²) in [7, 11) is 0.